The fourth-order valence-corrected chi connectivity index (χ4v) is 3.51. The minimum Gasteiger partial charge on any atom is -0.382 e. The van der Waals surface area contributed by atoms with Crippen LogP contribution in [-0.4, -0.2) is 45.7 Å². The van der Waals surface area contributed by atoms with E-state index < -0.39 is 0 Å². The Morgan fingerprint density at radius 1 is 1.31 bits per heavy atom. The smallest absolute Gasteiger partial charge is 0.233 e. The monoisotopic (exact) mass is 376 g/mol. The van der Waals surface area contributed by atoms with Gasteiger partial charge in [0, 0.05) is 31.9 Å². The first kappa shape index (κ1) is 20.5. The molecular formula is C19H28N4O2S. The van der Waals surface area contributed by atoms with Crippen molar-refractivity contribution in [1.82, 2.24) is 20.1 Å². The molecule has 0 fully saturated rings. The van der Waals surface area contributed by atoms with Gasteiger partial charge in [0.05, 0.1) is 5.25 Å². The Hall–Kier alpha value is -1.86. The van der Waals surface area contributed by atoms with Crippen LogP contribution in [-0.2, 0) is 16.1 Å². The fraction of sp³-hybridized carbons (Fsp3) is 0.526. The predicted molar refractivity (Wildman–Crippen MR) is 105 cm³/mol. The molecule has 1 aromatic heterocycles. The third-order valence-electron chi connectivity index (χ3n) is 4.04. The van der Waals surface area contributed by atoms with Crippen molar-refractivity contribution in [2.75, 3.05) is 19.8 Å². The summed E-state index contributed by atoms with van der Waals surface area (Å²) in [6, 6.07) is 8.13. The van der Waals surface area contributed by atoms with Crippen LogP contribution in [0.2, 0.25) is 0 Å². The van der Waals surface area contributed by atoms with E-state index in [4.69, 9.17) is 4.74 Å². The van der Waals surface area contributed by atoms with Crippen molar-refractivity contribution in [2.24, 2.45) is 0 Å². The first-order valence-corrected chi connectivity index (χ1v) is 9.97. The molecule has 0 saturated carbocycles. The van der Waals surface area contributed by atoms with E-state index in [2.05, 4.69) is 46.1 Å². The number of nitrogens with zero attached hydrogens (tertiary/aromatic N) is 3. The number of hydrogen-bond acceptors (Lipinski definition) is 5. The maximum atomic E-state index is 12.3. The number of rotatable bonds is 10. The number of aryl methyl sites for hydroxylation is 1. The van der Waals surface area contributed by atoms with Gasteiger partial charge in [-0.3, -0.25) is 4.79 Å². The van der Waals surface area contributed by atoms with Gasteiger partial charge in [-0.1, -0.05) is 36.0 Å². The maximum absolute atomic E-state index is 12.3. The lowest BCUT2D eigenvalue weighted by Crippen LogP contribution is -2.32. The van der Waals surface area contributed by atoms with E-state index in [1.807, 2.05) is 26.0 Å². The van der Waals surface area contributed by atoms with Gasteiger partial charge in [-0.25, -0.2) is 0 Å². The van der Waals surface area contributed by atoms with Gasteiger partial charge in [0.2, 0.25) is 5.91 Å². The Kier molecular flexibility index (Phi) is 8.12. The number of aromatic nitrogens is 3. The zero-order chi connectivity index (χ0) is 18.9. The first-order valence-electron chi connectivity index (χ1n) is 9.09. The second kappa shape index (κ2) is 10.3. The van der Waals surface area contributed by atoms with Crippen LogP contribution in [0.15, 0.2) is 29.4 Å². The first-order chi connectivity index (χ1) is 12.6. The summed E-state index contributed by atoms with van der Waals surface area (Å²) in [5.74, 6) is 0.854. The minimum atomic E-state index is -0.235. The van der Waals surface area contributed by atoms with Crippen molar-refractivity contribution in [1.29, 1.82) is 0 Å². The van der Waals surface area contributed by atoms with Gasteiger partial charge in [-0.2, -0.15) is 0 Å². The van der Waals surface area contributed by atoms with Crippen molar-refractivity contribution >= 4 is 17.7 Å². The molecule has 2 rings (SSSR count). The molecule has 1 aromatic carbocycles. The van der Waals surface area contributed by atoms with Gasteiger partial charge >= 0.3 is 0 Å². The molecular weight excluding hydrogens is 348 g/mol. The lowest BCUT2D eigenvalue weighted by molar-refractivity contribution is -0.120. The van der Waals surface area contributed by atoms with Gasteiger partial charge in [0.15, 0.2) is 11.0 Å². The molecule has 1 atom stereocenters. The van der Waals surface area contributed by atoms with Crippen molar-refractivity contribution in [3.8, 4) is 11.4 Å². The zero-order valence-electron chi connectivity index (χ0n) is 16.0. The fourth-order valence-electron chi connectivity index (χ4n) is 2.57. The molecule has 0 bridgehead atoms. The lowest BCUT2D eigenvalue weighted by atomic mass is 10.1. The van der Waals surface area contributed by atoms with Crippen LogP contribution in [0.4, 0.5) is 0 Å². The SMILES string of the molecule is CCOCCCNC(=O)C(C)Sc1nnc(-c2ccccc2C)n1CC. The Morgan fingerprint density at radius 3 is 2.77 bits per heavy atom. The van der Waals surface area contributed by atoms with Gasteiger partial charge in [0.25, 0.3) is 0 Å². The van der Waals surface area contributed by atoms with Crippen LogP contribution in [0.1, 0.15) is 32.8 Å². The molecule has 2 aromatic rings. The van der Waals surface area contributed by atoms with Crippen LogP contribution in [0.25, 0.3) is 11.4 Å². The third-order valence-corrected chi connectivity index (χ3v) is 5.12. The van der Waals surface area contributed by atoms with Crippen molar-refractivity contribution in [3.05, 3.63) is 29.8 Å². The van der Waals surface area contributed by atoms with Crippen LogP contribution in [0, 0.1) is 6.92 Å². The Labute approximate surface area is 159 Å². The number of benzene rings is 1. The van der Waals surface area contributed by atoms with Gasteiger partial charge < -0.3 is 14.6 Å². The Balaban J connectivity index is 2.01. The van der Waals surface area contributed by atoms with Crippen LogP contribution in [0.5, 0.6) is 0 Å². The van der Waals surface area contributed by atoms with E-state index in [-0.39, 0.29) is 11.2 Å². The third kappa shape index (κ3) is 5.32. The molecule has 0 radical (unpaired) electrons. The lowest BCUT2D eigenvalue weighted by Gasteiger charge is -2.13. The quantitative estimate of drug-likeness (QED) is 0.509. The van der Waals surface area contributed by atoms with E-state index in [9.17, 15) is 4.79 Å². The van der Waals surface area contributed by atoms with E-state index in [1.165, 1.54) is 11.8 Å². The summed E-state index contributed by atoms with van der Waals surface area (Å²) in [6.07, 6.45) is 0.819. The predicted octanol–water partition coefficient (Wildman–Crippen LogP) is 3.30. The molecule has 0 spiro atoms. The number of hydrogen-bond donors (Lipinski definition) is 1. The number of amides is 1. The summed E-state index contributed by atoms with van der Waals surface area (Å²) >= 11 is 1.44. The summed E-state index contributed by atoms with van der Waals surface area (Å²) in [5, 5.41) is 12.2. The molecule has 26 heavy (non-hydrogen) atoms. The van der Waals surface area contributed by atoms with E-state index >= 15 is 0 Å². The molecule has 0 saturated heterocycles. The van der Waals surface area contributed by atoms with Gasteiger partial charge in [0.1, 0.15) is 0 Å². The Bertz CT molecular complexity index is 717. The standard InChI is InChI=1S/C19H28N4O2S/c1-5-23-17(16-11-8-7-10-14(16)3)21-22-19(23)26-15(4)18(24)20-12-9-13-25-6-2/h7-8,10-11,15H,5-6,9,12-13H2,1-4H3,(H,20,24). The number of carbonyl (C=O) groups is 1. The summed E-state index contributed by atoms with van der Waals surface area (Å²) in [4.78, 5) is 12.3. The highest BCUT2D eigenvalue weighted by atomic mass is 32.2. The van der Waals surface area contributed by atoms with Crippen molar-refractivity contribution in [2.45, 2.75) is 51.1 Å². The normalized spacial score (nSPS) is 12.2. The van der Waals surface area contributed by atoms with E-state index in [1.54, 1.807) is 0 Å². The summed E-state index contributed by atoms with van der Waals surface area (Å²) in [6.45, 7) is 10.7. The molecule has 142 valence electrons. The number of nitrogens with one attached hydrogen (secondary N) is 1. The molecule has 0 aliphatic carbocycles. The molecule has 7 heteroatoms. The second-order valence-corrected chi connectivity index (χ2v) is 7.27. The second-order valence-electron chi connectivity index (χ2n) is 5.97. The number of ether oxygens (including phenoxy) is 1. The van der Waals surface area contributed by atoms with Crippen molar-refractivity contribution in [3.63, 3.8) is 0 Å². The molecule has 0 aliphatic heterocycles. The average molecular weight is 377 g/mol. The van der Waals surface area contributed by atoms with Gasteiger partial charge in [-0.05, 0) is 39.7 Å². The van der Waals surface area contributed by atoms with Crippen LogP contribution < -0.4 is 5.32 Å². The number of carbonyl (C=O) groups excluding carboxylic acids is 1. The van der Waals surface area contributed by atoms with Crippen LogP contribution in [0.3, 0.4) is 0 Å². The average Bonchev–Trinajstić information content (AvgIpc) is 3.04. The topological polar surface area (TPSA) is 69.0 Å². The van der Waals surface area contributed by atoms with E-state index in [0.717, 1.165) is 35.1 Å². The highest BCUT2D eigenvalue weighted by Crippen LogP contribution is 2.28. The van der Waals surface area contributed by atoms with Gasteiger partial charge in [-0.15, -0.1) is 10.2 Å². The van der Waals surface area contributed by atoms with Crippen LogP contribution >= 0.6 is 11.8 Å². The maximum Gasteiger partial charge on any atom is 0.233 e. The molecule has 1 unspecified atom stereocenters. The Morgan fingerprint density at radius 2 is 2.08 bits per heavy atom. The molecule has 1 heterocycles. The molecule has 1 amide bonds. The highest BCUT2D eigenvalue weighted by Gasteiger charge is 2.20. The summed E-state index contributed by atoms with van der Waals surface area (Å²) < 4.78 is 7.34. The van der Waals surface area contributed by atoms with E-state index in [0.29, 0.717) is 19.8 Å². The largest absolute Gasteiger partial charge is 0.382 e. The zero-order valence-corrected chi connectivity index (χ0v) is 16.8. The highest BCUT2D eigenvalue weighted by molar-refractivity contribution is 8.00. The molecule has 6 nitrogen and oxygen atoms in total. The summed E-state index contributed by atoms with van der Waals surface area (Å²) in [5.41, 5.74) is 2.23. The molecule has 1 N–H and O–H groups in total. The van der Waals surface area contributed by atoms with Crippen molar-refractivity contribution < 1.29 is 9.53 Å². The summed E-state index contributed by atoms with van der Waals surface area (Å²) in [7, 11) is 0. The number of thioether (sulfide) groups is 1. The molecule has 0 aliphatic rings. The minimum absolute atomic E-state index is 0.00888.